The van der Waals surface area contributed by atoms with Crippen LogP contribution >= 0.6 is 0 Å². The Morgan fingerprint density at radius 2 is 1.41 bits per heavy atom. The SMILES string of the molecule is CC([N]c1ccccc1)C(O)c1ccccc1. The molecule has 0 fully saturated rings. The maximum atomic E-state index is 10.2. The van der Waals surface area contributed by atoms with E-state index in [0.29, 0.717) is 0 Å². The number of aliphatic hydroxyl groups is 1. The van der Waals surface area contributed by atoms with Crippen LogP contribution in [0.1, 0.15) is 18.6 Å². The van der Waals surface area contributed by atoms with Crippen LogP contribution in [-0.4, -0.2) is 11.1 Å². The van der Waals surface area contributed by atoms with Gasteiger partial charge in [0.15, 0.2) is 0 Å². The summed E-state index contributed by atoms with van der Waals surface area (Å²) in [7, 11) is 0. The van der Waals surface area contributed by atoms with Gasteiger partial charge >= 0.3 is 0 Å². The summed E-state index contributed by atoms with van der Waals surface area (Å²) >= 11 is 0. The molecule has 0 aliphatic heterocycles. The number of nitrogens with zero attached hydrogens (tertiary/aromatic N) is 1. The average Bonchev–Trinajstić information content (AvgIpc) is 2.40. The molecule has 0 aliphatic carbocycles. The van der Waals surface area contributed by atoms with Crippen LogP contribution in [0.3, 0.4) is 0 Å². The summed E-state index contributed by atoms with van der Waals surface area (Å²) in [5.41, 5.74) is 1.80. The van der Waals surface area contributed by atoms with Crippen LogP contribution in [0.5, 0.6) is 0 Å². The standard InChI is InChI=1S/C15H16NO/c1-12(16-14-10-6-3-7-11-14)15(17)13-8-4-2-5-9-13/h2-12,15,17H,1H3. The molecule has 0 aromatic heterocycles. The molecular formula is C15H16NO. The number of para-hydroxylation sites is 1. The Morgan fingerprint density at radius 3 is 2.00 bits per heavy atom. The molecule has 2 nitrogen and oxygen atoms in total. The van der Waals surface area contributed by atoms with Gasteiger partial charge in [-0.15, -0.1) is 0 Å². The summed E-state index contributed by atoms with van der Waals surface area (Å²) in [5.74, 6) is 0. The zero-order valence-corrected chi connectivity index (χ0v) is 9.82. The minimum atomic E-state index is -0.559. The number of hydrogen-bond acceptors (Lipinski definition) is 1. The largest absolute Gasteiger partial charge is 0.386 e. The second-order valence-corrected chi connectivity index (χ2v) is 4.06. The predicted octanol–water partition coefficient (Wildman–Crippen LogP) is 3.04. The first kappa shape index (κ1) is 11.7. The molecule has 0 bridgehead atoms. The van der Waals surface area contributed by atoms with E-state index in [1.54, 1.807) is 0 Å². The minimum Gasteiger partial charge on any atom is -0.386 e. The third kappa shape index (κ3) is 3.08. The maximum Gasteiger partial charge on any atom is 0.101 e. The molecule has 2 heteroatoms. The highest BCUT2D eigenvalue weighted by Gasteiger charge is 2.16. The quantitative estimate of drug-likeness (QED) is 0.854. The molecule has 2 aromatic rings. The van der Waals surface area contributed by atoms with Crippen molar-refractivity contribution in [2.75, 3.05) is 0 Å². The lowest BCUT2D eigenvalue weighted by atomic mass is 10.0. The highest BCUT2D eigenvalue weighted by molar-refractivity contribution is 5.35. The maximum absolute atomic E-state index is 10.2. The van der Waals surface area contributed by atoms with E-state index < -0.39 is 6.10 Å². The molecule has 2 aromatic carbocycles. The van der Waals surface area contributed by atoms with Crippen molar-refractivity contribution in [2.45, 2.75) is 19.1 Å². The van der Waals surface area contributed by atoms with Crippen LogP contribution in [0.25, 0.3) is 0 Å². The zero-order valence-electron chi connectivity index (χ0n) is 9.82. The average molecular weight is 226 g/mol. The van der Waals surface area contributed by atoms with E-state index in [4.69, 9.17) is 0 Å². The lowest BCUT2D eigenvalue weighted by molar-refractivity contribution is 0.142. The molecule has 0 saturated carbocycles. The molecule has 1 N–H and O–H groups in total. The van der Waals surface area contributed by atoms with Crippen molar-refractivity contribution in [3.8, 4) is 0 Å². The van der Waals surface area contributed by atoms with Gasteiger partial charge in [-0.1, -0.05) is 48.5 Å². The Labute approximate surface area is 102 Å². The van der Waals surface area contributed by atoms with E-state index in [2.05, 4.69) is 5.32 Å². The molecule has 17 heavy (non-hydrogen) atoms. The van der Waals surface area contributed by atoms with Crippen LogP contribution in [0, 0.1) is 0 Å². The third-order valence-corrected chi connectivity index (χ3v) is 2.71. The molecule has 2 atom stereocenters. The van der Waals surface area contributed by atoms with E-state index in [-0.39, 0.29) is 6.04 Å². The Bertz CT molecular complexity index is 441. The number of hydrogen-bond donors (Lipinski definition) is 1. The Morgan fingerprint density at radius 1 is 0.882 bits per heavy atom. The van der Waals surface area contributed by atoms with Gasteiger partial charge in [-0.25, -0.2) is 0 Å². The monoisotopic (exact) mass is 226 g/mol. The fraction of sp³-hybridized carbons (Fsp3) is 0.200. The van der Waals surface area contributed by atoms with Crippen LogP contribution in [0.4, 0.5) is 5.69 Å². The van der Waals surface area contributed by atoms with Gasteiger partial charge in [-0.3, -0.25) is 5.32 Å². The van der Waals surface area contributed by atoms with Gasteiger partial charge in [0.05, 0.1) is 11.7 Å². The van der Waals surface area contributed by atoms with Crippen molar-refractivity contribution in [3.05, 3.63) is 66.2 Å². The van der Waals surface area contributed by atoms with Crippen LogP contribution in [-0.2, 0) is 0 Å². The molecule has 0 amide bonds. The fourth-order valence-corrected chi connectivity index (χ4v) is 1.75. The summed E-state index contributed by atoms with van der Waals surface area (Å²) in [5, 5.41) is 14.6. The summed E-state index contributed by atoms with van der Waals surface area (Å²) in [6.07, 6.45) is -0.559. The minimum absolute atomic E-state index is 0.153. The van der Waals surface area contributed by atoms with Crippen LogP contribution < -0.4 is 5.32 Å². The molecule has 0 spiro atoms. The Hall–Kier alpha value is -1.80. The molecule has 2 unspecified atom stereocenters. The van der Waals surface area contributed by atoms with Crippen molar-refractivity contribution in [2.24, 2.45) is 0 Å². The molecule has 2 rings (SSSR count). The molecule has 87 valence electrons. The number of benzene rings is 2. The van der Waals surface area contributed by atoms with E-state index >= 15 is 0 Å². The van der Waals surface area contributed by atoms with E-state index in [1.807, 2.05) is 67.6 Å². The van der Waals surface area contributed by atoms with Crippen LogP contribution in [0.15, 0.2) is 60.7 Å². The third-order valence-electron chi connectivity index (χ3n) is 2.71. The molecule has 0 aliphatic rings. The van der Waals surface area contributed by atoms with Crippen LogP contribution in [0.2, 0.25) is 0 Å². The second kappa shape index (κ2) is 5.51. The van der Waals surface area contributed by atoms with Gasteiger partial charge in [-0.2, -0.15) is 0 Å². The van der Waals surface area contributed by atoms with Crippen molar-refractivity contribution in [1.29, 1.82) is 0 Å². The van der Waals surface area contributed by atoms with E-state index in [0.717, 1.165) is 11.3 Å². The van der Waals surface area contributed by atoms with E-state index in [1.165, 1.54) is 0 Å². The van der Waals surface area contributed by atoms with Gasteiger partial charge in [0.2, 0.25) is 0 Å². The highest BCUT2D eigenvalue weighted by Crippen LogP contribution is 2.19. The second-order valence-electron chi connectivity index (χ2n) is 4.06. The summed E-state index contributed by atoms with van der Waals surface area (Å²) in [4.78, 5) is 0. The molecule has 1 radical (unpaired) electrons. The van der Waals surface area contributed by atoms with Crippen molar-refractivity contribution < 1.29 is 5.11 Å². The summed E-state index contributed by atoms with van der Waals surface area (Å²) in [6.45, 7) is 1.92. The van der Waals surface area contributed by atoms with Crippen molar-refractivity contribution in [1.82, 2.24) is 5.32 Å². The Balaban J connectivity index is 2.03. The van der Waals surface area contributed by atoms with Crippen molar-refractivity contribution in [3.63, 3.8) is 0 Å². The first-order valence-electron chi connectivity index (χ1n) is 5.76. The normalized spacial score (nSPS) is 14.0. The fourth-order valence-electron chi connectivity index (χ4n) is 1.75. The molecule has 0 heterocycles. The van der Waals surface area contributed by atoms with Gasteiger partial charge in [0.25, 0.3) is 0 Å². The van der Waals surface area contributed by atoms with Gasteiger partial charge < -0.3 is 5.11 Å². The summed E-state index contributed by atoms with van der Waals surface area (Å²) in [6, 6.07) is 19.2. The number of rotatable bonds is 4. The lowest BCUT2D eigenvalue weighted by Gasteiger charge is -2.19. The first-order chi connectivity index (χ1) is 8.27. The smallest absolute Gasteiger partial charge is 0.101 e. The predicted molar refractivity (Wildman–Crippen MR) is 69.1 cm³/mol. The zero-order chi connectivity index (χ0) is 12.1. The first-order valence-corrected chi connectivity index (χ1v) is 5.76. The highest BCUT2D eigenvalue weighted by atomic mass is 16.3. The topological polar surface area (TPSA) is 34.3 Å². The Kier molecular flexibility index (Phi) is 3.78. The van der Waals surface area contributed by atoms with Crippen molar-refractivity contribution >= 4 is 5.69 Å². The lowest BCUT2D eigenvalue weighted by Crippen LogP contribution is -2.23. The van der Waals surface area contributed by atoms with Gasteiger partial charge in [-0.05, 0) is 24.6 Å². The molecule has 0 saturated heterocycles. The number of aliphatic hydroxyl groups excluding tert-OH is 1. The van der Waals surface area contributed by atoms with E-state index in [9.17, 15) is 5.11 Å². The van der Waals surface area contributed by atoms with Gasteiger partial charge in [0.1, 0.15) is 6.10 Å². The van der Waals surface area contributed by atoms with Gasteiger partial charge in [0, 0.05) is 0 Å². The summed E-state index contributed by atoms with van der Waals surface area (Å²) < 4.78 is 0. The molecular weight excluding hydrogens is 210 g/mol.